The van der Waals surface area contributed by atoms with Gasteiger partial charge in [-0.2, -0.15) is 0 Å². The van der Waals surface area contributed by atoms with Gasteiger partial charge < -0.3 is 5.32 Å². The van der Waals surface area contributed by atoms with Crippen LogP contribution in [0.25, 0.3) is 0 Å². The highest BCUT2D eigenvalue weighted by Gasteiger charge is 2.17. The Bertz CT molecular complexity index is 640. The molecule has 1 aliphatic rings. The minimum Gasteiger partial charge on any atom is -0.346 e. The summed E-state index contributed by atoms with van der Waals surface area (Å²) in [6.45, 7) is 1.98. The molecule has 23 heavy (non-hydrogen) atoms. The predicted octanol–water partition coefficient (Wildman–Crippen LogP) is 4.44. The molecule has 3 rings (SSSR count). The number of benzene rings is 1. The Labute approximate surface area is 145 Å². The van der Waals surface area contributed by atoms with Gasteiger partial charge in [0, 0.05) is 18.0 Å². The van der Waals surface area contributed by atoms with Gasteiger partial charge in [-0.05, 0) is 60.2 Å². The molecule has 5 heteroatoms. The highest BCUT2D eigenvalue weighted by molar-refractivity contribution is 8.16. The van der Waals surface area contributed by atoms with Crippen LogP contribution in [-0.4, -0.2) is 22.4 Å². The number of carbonyl (C=O) groups excluding carboxylic acids is 1. The molecule has 1 aliphatic heterocycles. The summed E-state index contributed by atoms with van der Waals surface area (Å²) in [7, 11) is 0. The summed E-state index contributed by atoms with van der Waals surface area (Å²) in [4.78, 5) is 16.4. The minimum atomic E-state index is -0.0372. The van der Waals surface area contributed by atoms with E-state index in [-0.39, 0.29) is 11.9 Å². The van der Waals surface area contributed by atoms with E-state index in [1.807, 2.05) is 54.7 Å². The third-order valence-corrected chi connectivity index (χ3v) is 6.84. The molecule has 120 valence electrons. The molecule has 3 nitrogen and oxygen atoms in total. The van der Waals surface area contributed by atoms with Crippen LogP contribution in [0.3, 0.4) is 0 Å². The summed E-state index contributed by atoms with van der Waals surface area (Å²) in [5.74, 6) is 2.41. The molecule has 2 heterocycles. The minimum absolute atomic E-state index is 0.0327. The van der Waals surface area contributed by atoms with Crippen molar-refractivity contribution >= 4 is 29.4 Å². The van der Waals surface area contributed by atoms with Crippen molar-refractivity contribution in [2.75, 3.05) is 11.5 Å². The SMILES string of the molecule is C[C@H](NC(=O)c1ccc(C2SCCCS2)cc1)c1ccncc1. The number of pyridine rings is 1. The summed E-state index contributed by atoms with van der Waals surface area (Å²) in [5.41, 5.74) is 3.07. The van der Waals surface area contributed by atoms with Gasteiger partial charge in [-0.25, -0.2) is 0 Å². The van der Waals surface area contributed by atoms with E-state index in [4.69, 9.17) is 0 Å². The fourth-order valence-electron chi connectivity index (χ4n) is 2.49. The Morgan fingerprint density at radius 1 is 1.13 bits per heavy atom. The van der Waals surface area contributed by atoms with Crippen LogP contribution in [-0.2, 0) is 0 Å². The lowest BCUT2D eigenvalue weighted by atomic mass is 10.1. The Kier molecular flexibility index (Phi) is 5.62. The monoisotopic (exact) mass is 344 g/mol. The summed E-state index contributed by atoms with van der Waals surface area (Å²) in [5, 5.41) is 3.03. The van der Waals surface area contributed by atoms with E-state index in [0.717, 1.165) is 5.56 Å². The van der Waals surface area contributed by atoms with Crippen LogP contribution in [0.2, 0.25) is 0 Å². The van der Waals surface area contributed by atoms with Gasteiger partial charge in [0.15, 0.2) is 0 Å². The normalized spacial score (nSPS) is 16.7. The second-order valence-electron chi connectivity index (χ2n) is 5.52. The number of amides is 1. The Balaban J connectivity index is 1.63. The summed E-state index contributed by atoms with van der Waals surface area (Å²) in [6.07, 6.45) is 4.78. The van der Waals surface area contributed by atoms with Crippen LogP contribution < -0.4 is 5.32 Å². The first-order valence-corrected chi connectivity index (χ1v) is 9.88. The van der Waals surface area contributed by atoms with Gasteiger partial charge in [-0.3, -0.25) is 9.78 Å². The quantitative estimate of drug-likeness (QED) is 0.890. The maximum Gasteiger partial charge on any atom is 0.251 e. The van der Waals surface area contributed by atoms with Gasteiger partial charge in [-0.1, -0.05) is 12.1 Å². The maximum absolute atomic E-state index is 12.4. The van der Waals surface area contributed by atoms with E-state index in [0.29, 0.717) is 10.1 Å². The number of nitrogens with one attached hydrogen (secondary N) is 1. The molecule has 0 saturated carbocycles. The van der Waals surface area contributed by atoms with Crippen molar-refractivity contribution in [3.63, 3.8) is 0 Å². The molecule has 1 aromatic heterocycles. The molecule has 1 N–H and O–H groups in total. The zero-order chi connectivity index (χ0) is 16.1. The molecule has 0 unspecified atom stereocenters. The van der Waals surface area contributed by atoms with Crippen LogP contribution in [0, 0.1) is 0 Å². The summed E-state index contributed by atoms with van der Waals surface area (Å²) in [6, 6.07) is 11.8. The standard InChI is InChI=1S/C18H20N2OS2/c1-13(14-7-9-19-10-8-14)20-17(21)15-3-5-16(6-4-15)18-22-11-2-12-23-18/h3-10,13,18H,2,11-12H2,1H3,(H,20,21)/t13-/m0/s1. The molecule has 1 saturated heterocycles. The lowest BCUT2D eigenvalue weighted by molar-refractivity contribution is 0.0940. The topological polar surface area (TPSA) is 42.0 Å². The lowest BCUT2D eigenvalue weighted by Gasteiger charge is -2.21. The molecule has 0 spiro atoms. The number of rotatable bonds is 4. The van der Waals surface area contributed by atoms with Crippen molar-refractivity contribution < 1.29 is 4.79 Å². The Morgan fingerprint density at radius 2 is 1.78 bits per heavy atom. The molecule has 1 amide bonds. The molecule has 1 atom stereocenters. The van der Waals surface area contributed by atoms with E-state index in [1.165, 1.54) is 23.5 Å². The average Bonchev–Trinajstić information content (AvgIpc) is 2.63. The second kappa shape index (κ2) is 7.88. The number of thioether (sulfide) groups is 2. The molecule has 0 bridgehead atoms. The molecular weight excluding hydrogens is 324 g/mol. The highest BCUT2D eigenvalue weighted by Crippen LogP contribution is 2.43. The third kappa shape index (κ3) is 4.30. The zero-order valence-electron chi connectivity index (χ0n) is 13.1. The van der Waals surface area contributed by atoms with E-state index >= 15 is 0 Å². The number of hydrogen-bond donors (Lipinski definition) is 1. The van der Waals surface area contributed by atoms with Crippen LogP contribution >= 0.6 is 23.5 Å². The third-order valence-electron chi connectivity index (χ3n) is 3.83. The molecule has 0 radical (unpaired) electrons. The van der Waals surface area contributed by atoms with E-state index in [9.17, 15) is 4.79 Å². The number of aromatic nitrogens is 1. The van der Waals surface area contributed by atoms with Crippen molar-refractivity contribution in [2.24, 2.45) is 0 Å². The first-order chi connectivity index (χ1) is 11.2. The van der Waals surface area contributed by atoms with Gasteiger partial charge in [-0.15, -0.1) is 23.5 Å². The largest absolute Gasteiger partial charge is 0.346 e. The number of nitrogens with zero attached hydrogens (tertiary/aromatic N) is 1. The predicted molar refractivity (Wildman–Crippen MR) is 98.8 cm³/mol. The molecule has 1 fully saturated rings. The first kappa shape index (κ1) is 16.4. The van der Waals surface area contributed by atoms with Gasteiger partial charge in [0.25, 0.3) is 5.91 Å². The van der Waals surface area contributed by atoms with Crippen LogP contribution in [0.15, 0.2) is 48.8 Å². The van der Waals surface area contributed by atoms with Gasteiger partial charge in [0.2, 0.25) is 0 Å². The van der Waals surface area contributed by atoms with E-state index < -0.39 is 0 Å². The smallest absolute Gasteiger partial charge is 0.251 e. The van der Waals surface area contributed by atoms with Crippen LogP contribution in [0.4, 0.5) is 0 Å². The van der Waals surface area contributed by atoms with E-state index in [1.54, 1.807) is 12.4 Å². The summed E-state index contributed by atoms with van der Waals surface area (Å²) >= 11 is 3.99. The lowest BCUT2D eigenvalue weighted by Crippen LogP contribution is -2.26. The second-order valence-corrected chi connectivity index (χ2v) is 8.25. The van der Waals surface area contributed by atoms with Crippen molar-refractivity contribution in [3.05, 3.63) is 65.5 Å². The van der Waals surface area contributed by atoms with Crippen molar-refractivity contribution in [1.82, 2.24) is 10.3 Å². The maximum atomic E-state index is 12.4. The fourth-order valence-corrected chi connectivity index (χ4v) is 5.38. The number of hydrogen-bond acceptors (Lipinski definition) is 4. The van der Waals surface area contributed by atoms with Gasteiger partial charge in [0.1, 0.15) is 0 Å². The molecule has 0 aliphatic carbocycles. The first-order valence-electron chi connectivity index (χ1n) is 7.78. The Morgan fingerprint density at radius 3 is 2.43 bits per heavy atom. The van der Waals surface area contributed by atoms with Crippen molar-refractivity contribution in [1.29, 1.82) is 0 Å². The molecule has 1 aromatic carbocycles. The Hall–Kier alpha value is -1.46. The summed E-state index contributed by atoms with van der Waals surface area (Å²) < 4.78 is 0.511. The van der Waals surface area contributed by atoms with Crippen molar-refractivity contribution in [3.8, 4) is 0 Å². The molecular formula is C18H20N2OS2. The van der Waals surface area contributed by atoms with E-state index in [2.05, 4.69) is 22.4 Å². The van der Waals surface area contributed by atoms with Crippen molar-refractivity contribution in [2.45, 2.75) is 24.0 Å². The molecule has 2 aromatic rings. The van der Waals surface area contributed by atoms with Crippen LogP contribution in [0.1, 0.15) is 45.5 Å². The average molecular weight is 345 g/mol. The van der Waals surface area contributed by atoms with Crippen LogP contribution in [0.5, 0.6) is 0 Å². The van der Waals surface area contributed by atoms with Gasteiger partial charge in [0.05, 0.1) is 10.6 Å². The number of carbonyl (C=O) groups is 1. The highest BCUT2D eigenvalue weighted by atomic mass is 32.2. The fraction of sp³-hybridized carbons (Fsp3) is 0.333. The zero-order valence-corrected chi connectivity index (χ0v) is 14.7. The van der Waals surface area contributed by atoms with Gasteiger partial charge >= 0.3 is 0 Å².